The topological polar surface area (TPSA) is 57.6 Å². The summed E-state index contributed by atoms with van der Waals surface area (Å²) >= 11 is 1.65. The molecule has 1 fully saturated rings. The molecule has 5 heteroatoms. The van der Waals surface area contributed by atoms with E-state index in [1.54, 1.807) is 16.2 Å². The molecule has 2 atom stereocenters. The second-order valence-corrected chi connectivity index (χ2v) is 5.82. The molecule has 0 bridgehead atoms. The number of carboxylic acids is 1. The highest BCUT2D eigenvalue weighted by molar-refractivity contribution is 7.09. The lowest BCUT2D eigenvalue weighted by Gasteiger charge is -2.20. The van der Waals surface area contributed by atoms with E-state index in [-0.39, 0.29) is 17.7 Å². The smallest absolute Gasteiger partial charge is 0.308 e. The van der Waals surface area contributed by atoms with E-state index in [2.05, 4.69) is 0 Å². The average molecular weight is 267 g/mol. The number of carboxylic acid groups (broad SMARTS) is 1. The monoisotopic (exact) mass is 267 g/mol. The van der Waals surface area contributed by atoms with Crippen molar-refractivity contribution in [2.45, 2.75) is 19.8 Å². The fraction of sp³-hybridized carbons (Fsp3) is 0.538. The molecule has 1 aliphatic heterocycles. The second kappa shape index (κ2) is 5.52. The van der Waals surface area contributed by atoms with Crippen molar-refractivity contribution in [1.82, 2.24) is 4.90 Å². The fourth-order valence-corrected chi connectivity index (χ4v) is 3.13. The molecule has 2 unspecified atom stereocenters. The highest BCUT2D eigenvalue weighted by atomic mass is 32.1. The Hall–Kier alpha value is -1.36. The zero-order chi connectivity index (χ0) is 13.1. The van der Waals surface area contributed by atoms with Crippen LogP contribution in [0.1, 0.15) is 18.2 Å². The number of carbonyl (C=O) groups is 2. The molecule has 0 radical (unpaired) electrons. The lowest BCUT2D eigenvalue weighted by Crippen LogP contribution is -2.34. The number of hydrogen-bond donors (Lipinski definition) is 1. The van der Waals surface area contributed by atoms with Crippen LogP contribution in [0.4, 0.5) is 0 Å². The Morgan fingerprint density at radius 1 is 1.61 bits per heavy atom. The van der Waals surface area contributed by atoms with Crippen LogP contribution in [-0.4, -0.2) is 35.0 Å². The maximum absolute atomic E-state index is 12.2. The van der Waals surface area contributed by atoms with Gasteiger partial charge in [0.05, 0.1) is 5.92 Å². The van der Waals surface area contributed by atoms with Gasteiger partial charge in [-0.1, -0.05) is 13.0 Å². The summed E-state index contributed by atoms with van der Waals surface area (Å²) in [5, 5.41) is 10.9. The number of aliphatic carboxylic acids is 1. The molecule has 0 saturated carbocycles. The first-order chi connectivity index (χ1) is 8.58. The van der Waals surface area contributed by atoms with E-state index in [1.165, 1.54) is 4.88 Å². The molecule has 1 N–H and O–H groups in total. The van der Waals surface area contributed by atoms with E-state index in [4.69, 9.17) is 5.11 Å². The minimum Gasteiger partial charge on any atom is -0.481 e. The number of rotatable bonds is 4. The van der Waals surface area contributed by atoms with Crippen LogP contribution in [0.15, 0.2) is 17.5 Å². The number of thiophene rings is 1. The van der Waals surface area contributed by atoms with Crippen molar-refractivity contribution in [1.29, 1.82) is 0 Å². The maximum Gasteiger partial charge on any atom is 0.308 e. The van der Waals surface area contributed by atoms with Crippen LogP contribution in [0.5, 0.6) is 0 Å². The average Bonchev–Trinajstić information content (AvgIpc) is 2.98. The minimum absolute atomic E-state index is 0.0730. The van der Waals surface area contributed by atoms with Gasteiger partial charge < -0.3 is 10.0 Å². The highest BCUT2D eigenvalue weighted by Gasteiger charge is 2.32. The summed E-state index contributed by atoms with van der Waals surface area (Å²) in [6, 6.07) is 4.01. The summed E-state index contributed by atoms with van der Waals surface area (Å²) in [5.41, 5.74) is 0. The number of likely N-dealkylation sites (tertiary alicyclic amines) is 1. The maximum atomic E-state index is 12.2. The van der Waals surface area contributed by atoms with Crippen molar-refractivity contribution < 1.29 is 14.7 Å². The van der Waals surface area contributed by atoms with E-state index >= 15 is 0 Å². The van der Waals surface area contributed by atoms with Gasteiger partial charge in [-0.25, -0.2) is 0 Å². The molecule has 4 nitrogen and oxygen atoms in total. The molecule has 2 rings (SSSR count). The molecule has 98 valence electrons. The van der Waals surface area contributed by atoms with Gasteiger partial charge in [0.2, 0.25) is 5.91 Å². The van der Waals surface area contributed by atoms with Crippen LogP contribution < -0.4 is 0 Å². The fourth-order valence-electron chi connectivity index (χ4n) is 2.29. The summed E-state index contributed by atoms with van der Waals surface area (Å²) in [7, 11) is 0. The van der Waals surface area contributed by atoms with Gasteiger partial charge >= 0.3 is 5.97 Å². The molecule has 1 aliphatic rings. The van der Waals surface area contributed by atoms with Gasteiger partial charge in [-0.3, -0.25) is 9.59 Å². The van der Waals surface area contributed by atoms with Crippen molar-refractivity contribution in [3.05, 3.63) is 22.4 Å². The molecule has 0 aromatic carbocycles. The van der Waals surface area contributed by atoms with Gasteiger partial charge in [0.15, 0.2) is 0 Å². The predicted octanol–water partition coefficient (Wildman–Crippen LogP) is 1.86. The molecule has 1 saturated heterocycles. The standard InChI is InChI=1S/C13H17NO3S/c1-9(7-11-3-2-6-18-11)12(15)14-5-4-10(8-14)13(16)17/h2-3,6,9-10H,4-5,7-8H2,1H3,(H,16,17). The zero-order valence-corrected chi connectivity index (χ0v) is 11.2. The van der Waals surface area contributed by atoms with E-state index in [0.717, 1.165) is 6.42 Å². The Bertz CT molecular complexity index is 429. The predicted molar refractivity (Wildman–Crippen MR) is 69.5 cm³/mol. The highest BCUT2D eigenvalue weighted by Crippen LogP contribution is 2.21. The third-order valence-corrected chi connectivity index (χ3v) is 4.26. The van der Waals surface area contributed by atoms with Crippen LogP contribution >= 0.6 is 11.3 Å². The summed E-state index contributed by atoms with van der Waals surface area (Å²) in [5.74, 6) is -1.18. The Kier molecular flexibility index (Phi) is 4.01. The van der Waals surface area contributed by atoms with Gasteiger partial charge in [0.25, 0.3) is 0 Å². The molecule has 1 aromatic heterocycles. The van der Waals surface area contributed by atoms with Gasteiger partial charge in [0.1, 0.15) is 0 Å². The Labute approximate surface area is 110 Å². The lowest BCUT2D eigenvalue weighted by atomic mass is 10.1. The third kappa shape index (κ3) is 2.90. The van der Waals surface area contributed by atoms with Crippen LogP contribution in [-0.2, 0) is 16.0 Å². The molecule has 1 amide bonds. The first-order valence-corrected chi connectivity index (χ1v) is 7.00. The van der Waals surface area contributed by atoms with E-state index in [9.17, 15) is 9.59 Å². The summed E-state index contributed by atoms with van der Waals surface area (Å²) < 4.78 is 0. The van der Waals surface area contributed by atoms with Crippen LogP contribution in [0, 0.1) is 11.8 Å². The lowest BCUT2D eigenvalue weighted by molar-refractivity contribution is -0.141. The molecule has 0 spiro atoms. The van der Waals surface area contributed by atoms with Crippen molar-refractivity contribution in [3.8, 4) is 0 Å². The first-order valence-electron chi connectivity index (χ1n) is 6.12. The number of hydrogen-bond acceptors (Lipinski definition) is 3. The molecular weight excluding hydrogens is 250 g/mol. The second-order valence-electron chi connectivity index (χ2n) is 4.79. The molecule has 1 aromatic rings. The Morgan fingerprint density at radius 2 is 2.39 bits per heavy atom. The number of nitrogens with zero attached hydrogens (tertiary/aromatic N) is 1. The van der Waals surface area contributed by atoms with Gasteiger partial charge in [-0.15, -0.1) is 11.3 Å². The van der Waals surface area contributed by atoms with Gasteiger partial charge in [-0.05, 0) is 24.3 Å². The zero-order valence-electron chi connectivity index (χ0n) is 10.3. The number of amides is 1. The first kappa shape index (κ1) is 13.1. The molecule has 18 heavy (non-hydrogen) atoms. The van der Waals surface area contributed by atoms with Crippen molar-refractivity contribution >= 4 is 23.2 Å². The number of carbonyl (C=O) groups excluding carboxylic acids is 1. The van der Waals surface area contributed by atoms with Crippen molar-refractivity contribution in [2.75, 3.05) is 13.1 Å². The SMILES string of the molecule is CC(Cc1cccs1)C(=O)N1CCC(C(=O)O)C1. The van der Waals surface area contributed by atoms with Crippen molar-refractivity contribution in [3.63, 3.8) is 0 Å². The van der Waals surface area contributed by atoms with Crippen molar-refractivity contribution in [2.24, 2.45) is 11.8 Å². The van der Waals surface area contributed by atoms with Gasteiger partial charge in [0, 0.05) is 23.9 Å². The largest absolute Gasteiger partial charge is 0.481 e. The van der Waals surface area contributed by atoms with Gasteiger partial charge in [-0.2, -0.15) is 0 Å². The molecule has 0 aliphatic carbocycles. The summed E-state index contributed by atoms with van der Waals surface area (Å²) in [4.78, 5) is 25.9. The molecular formula is C13H17NO3S. The Balaban J connectivity index is 1.90. The third-order valence-electron chi connectivity index (χ3n) is 3.36. The molecule has 2 heterocycles. The van der Waals surface area contributed by atoms with Crippen LogP contribution in [0.25, 0.3) is 0 Å². The van der Waals surface area contributed by atoms with E-state index < -0.39 is 5.97 Å². The normalized spacial score (nSPS) is 20.9. The summed E-state index contributed by atoms with van der Waals surface area (Å²) in [6.45, 7) is 2.85. The van der Waals surface area contributed by atoms with Crippen LogP contribution in [0.3, 0.4) is 0 Å². The van der Waals surface area contributed by atoms with Crippen LogP contribution in [0.2, 0.25) is 0 Å². The van der Waals surface area contributed by atoms with E-state index in [1.807, 2.05) is 24.4 Å². The minimum atomic E-state index is -0.795. The summed E-state index contributed by atoms with van der Waals surface area (Å²) in [6.07, 6.45) is 1.32. The van der Waals surface area contributed by atoms with E-state index in [0.29, 0.717) is 19.5 Å². The quantitative estimate of drug-likeness (QED) is 0.906. The Morgan fingerprint density at radius 3 is 2.94 bits per heavy atom.